The summed E-state index contributed by atoms with van der Waals surface area (Å²) in [5.74, 6) is 1.81. The molecule has 2 aliphatic heterocycles. The molecule has 214 valence electrons. The summed E-state index contributed by atoms with van der Waals surface area (Å²) in [5.41, 5.74) is 10.5. The zero-order valence-corrected chi connectivity index (χ0v) is 25.5. The molecule has 11 rings (SSSR count). The van der Waals surface area contributed by atoms with E-state index < -0.39 is 5.41 Å². The lowest BCUT2D eigenvalue weighted by Crippen LogP contribution is -2.37. The van der Waals surface area contributed by atoms with E-state index in [0.29, 0.717) is 0 Å². The van der Waals surface area contributed by atoms with Crippen LogP contribution in [0.4, 0.5) is 0 Å². The van der Waals surface area contributed by atoms with Crippen LogP contribution in [0.5, 0.6) is 11.5 Å². The van der Waals surface area contributed by atoms with Gasteiger partial charge in [-0.3, -0.25) is 0 Å². The second-order valence-corrected chi connectivity index (χ2v) is 13.5. The van der Waals surface area contributed by atoms with Gasteiger partial charge in [0.2, 0.25) is 0 Å². The number of ether oxygens (including phenoxy) is 1. The fourth-order valence-corrected chi connectivity index (χ4v) is 9.50. The SMILES string of the molecule is c1ccc2c(c1)Oc1ccc(-c3ccc4sc5ccccc5c4c3)cc1C21c2ccccc2-n2c3ccccc3c3cccc1c32. The van der Waals surface area contributed by atoms with Gasteiger partial charge in [0.15, 0.2) is 0 Å². The van der Waals surface area contributed by atoms with Gasteiger partial charge in [0, 0.05) is 42.1 Å². The first-order valence-corrected chi connectivity index (χ1v) is 16.6. The van der Waals surface area contributed by atoms with Crippen LogP contribution in [0, 0.1) is 0 Å². The lowest BCUT2D eigenvalue weighted by molar-refractivity contribution is 0.434. The van der Waals surface area contributed by atoms with Gasteiger partial charge in [0.1, 0.15) is 11.5 Å². The fraction of sp³-hybridized carbons (Fsp3) is 0.0233. The van der Waals surface area contributed by atoms with Crippen molar-refractivity contribution in [2.75, 3.05) is 0 Å². The van der Waals surface area contributed by atoms with Crippen LogP contribution in [-0.2, 0) is 5.41 Å². The Morgan fingerprint density at radius 3 is 2.09 bits per heavy atom. The largest absolute Gasteiger partial charge is 0.457 e. The van der Waals surface area contributed by atoms with Crippen molar-refractivity contribution in [3.63, 3.8) is 0 Å². The first kappa shape index (κ1) is 24.7. The molecule has 9 aromatic rings. The van der Waals surface area contributed by atoms with Crippen LogP contribution in [0.25, 0.3) is 58.8 Å². The Balaban J connectivity index is 1.27. The van der Waals surface area contributed by atoms with Gasteiger partial charge < -0.3 is 9.30 Å². The van der Waals surface area contributed by atoms with E-state index in [-0.39, 0.29) is 0 Å². The maximum Gasteiger partial charge on any atom is 0.132 e. The molecule has 0 saturated carbocycles. The lowest BCUT2D eigenvalue weighted by atomic mass is 9.61. The van der Waals surface area contributed by atoms with Crippen molar-refractivity contribution in [2.45, 2.75) is 5.41 Å². The molecule has 0 saturated heterocycles. The van der Waals surface area contributed by atoms with E-state index in [1.165, 1.54) is 81.0 Å². The van der Waals surface area contributed by atoms with E-state index in [0.717, 1.165) is 11.5 Å². The van der Waals surface area contributed by atoms with E-state index in [1.54, 1.807) is 0 Å². The number of hydrogen-bond donors (Lipinski definition) is 0. The molecule has 0 fully saturated rings. The first-order chi connectivity index (χ1) is 22.8. The quantitative estimate of drug-likeness (QED) is 0.182. The molecule has 46 heavy (non-hydrogen) atoms. The number of aromatic nitrogens is 1. The molecule has 4 heterocycles. The van der Waals surface area contributed by atoms with Crippen LogP contribution in [0.1, 0.15) is 22.3 Å². The van der Waals surface area contributed by atoms with Crippen LogP contribution in [0.2, 0.25) is 0 Å². The summed E-state index contributed by atoms with van der Waals surface area (Å²) in [4.78, 5) is 0. The van der Waals surface area contributed by atoms with E-state index >= 15 is 0 Å². The molecule has 2 nitrogen and oxygen atoms in total. The van der Waals surface area contributed by atoms with Gasteiger partial charge in [0.05, 0.1) is 22.1 Å². The molecule has 7 aromatic carbocycles. The van der Waals surface area contributed by atoms with Crippen molar-refractivity contribution in [2.24, 2.45) is 0 Å². The average Bonchev–Trinajstić information content (AvgIpc) is 3.66. The normalized spacial score (nSPS) is 16.1. The van der Waals surface area contributed by atoms with Crippen molar-refractivity contribution < 1.29 is 4.74 Å². The van der Waals surface area contributed by atoms with Gasteiger partial charge in [-0.05, 0) is 70.8 Å². The Labute approximate surface area is 269 Å². The van der Waals surface area contributed by atoms with E-state index in [1.807, 2.05) is 11.3 Å². The lowest BCUT2D eigenvalue weighted by Gasteiger charge is -2.45. The monoisotopic (exact) mass is 603 g/mol. The fourth-order valence-electron chi connectivity index (χ4n) is 8.41. The maximum atomic E-state index is 6.76. The highest BCUT2D eigenvalue weighted by atomic mass is 32.1. The molecule has 1 spiro atoms. The predicted molar refractivity (Wildman–Crippen MR) is 191 cm³/mol. The zero-order chi connectivity index (χ0) is 30.0. The Hall–Kier alpha value is -5.64. The highest BCUT2D eigenvalue weighted by Crippen LogP contribution is 2.60. The molecule has 2 aliphatic rings. The summed E-state index contributed by atoms with van der Waals surface area (Å²) in [6.45, 7) is 0. The molecular formula is C43H25NOS. The number of fused-ring (bicyclic) bond motifs is 14. The minimum Gasteiger partial charge on any atom is -0.457 e. The van der Waals surface area contributed by atoms with Gasteiger partial charge in [-0.15, -0.1) is 11.3 Å². The molecule has 0 amide bonds. The molecule has 2 aromatic heterocycles. The Kier molecular flexibility index (Phi) is 4.69. The van der Waals surface area contributed by atoms with Crippen molar-refractivity contribution in [1.29, 1.82) is 0 Å². The van der Waals surface area contributed by atoms with Crippen LogP contribution in [0.3, 0.4) is 0 Å². The Morgan fingerprint density at radius 1 is 0.457 bits per heavy atom. The van der Waals surface area contributed by atoms with Gasteiger partial charge >= 0.3 is 0 Å². The summed E-state index contributed by atoms with van der Waals surface area (Å²) >= 11 is 1.86. The Bertz CT molecular complexity index is 2750. The molecule has 0 radical (unpaired) electrons. The highest BCUT2D eigenvalue weighted by molar-refractivity contribution is 7.25. The number of nitrogens with zero attached hydrogens (tertiary/aromatic N) is 1. The van der Waals surface area contributed by atoms with Gasteiger partial charge in [0.25, 0.3) is 0 Å². The summed E-state index contributed by atoms with van der Waals surface area (Å²) in [5, 5.41) is 5.18. The molecule has 1 unspecified atom stereocenters. The Morgan fingerprint density at radius 2 is 1.13 bits per heavy atom. The molecule has 0 bridgehead atoms. The molecule has 0 aliphatic carbocycles. The number of hydrogen-bond acceptors (Lipinski definition) is 2. The van der Waals surface area contributed by atoms with Crippen LogP contribution in [0.15, 0.2) is 152 Å². The molecule has 3 heteroatoms. The third-order valence-corrected chi connectivity index (χ3v) is 11.4. The second-order valence-electron chi connectivity index (χ2n) is 12.4. The van der Waals surface area contributed by atoms with Crippen molar-refractivity contribution >= 4 is 53.3 Å². The topological polar surface area (TPSA) is 14.2 Å². The van der Waals surface area contributed by atoms with E-state index in [9.17, 15) is 0 Å². The van der Waals surface area contributed by atoms with Crippen molar-refractivity contribution in [3.8, 4) is 28.3 Å². The predicted octanol–water partition coefficient (Wildman–Crippen LogP) is 11.6. The minimum absolute atomic E-state index is 0.570. The summed E-state index contributed by atoms with van der Waals surface area (Å²) in [6.07, 6.45) is 0. The highest BCUT2D eigenvalue weighted by Gasteiger charge is 2.50. The number of thiophene rings is 1. The second kappa shape index (κ2) is 8.75. The molecule has 0 N–H and O–H groups in total. The number of benzene rings is 7. The summed E-state index contributed by atoms with van der Waals surface area (Å²) in [7, 11) is 0. The minimum atomic E-state index is -0.570. The number of para-hydroxylation sites is 4. The van der Waals surface area contributed by atoms with Crippen LogP contribution >= 0.6 is 11.3 Å². The molecule has 1 atom stereocenters. The number of rotatable bonds is 1. The third-order valence-electron chi connectivity index (χ3n) is 10.3. The summed E-state index contributed by atoms with van der Waals surface area (Å²) < 4.78 is 11.9. The first-order valence-electron chi connectivity index (χ1n) is 15.8. The zero-order valence-electron chi connectivity index (χ0n) is 24.7. The van der Waals surface area contributed by atoms with Crippen molar-refractivity contribution in [3.05, 3.63) is 174 Å². The maximum absolute atomic E-state index is 6.76. The van der Waals surface area contributed by atoms with Crippen molar-refractivity contribution in [1.82, 2.24) is 4.57 Å². The average molecular weight is 604 g/mol. The van der Waals surface area contributed by atoms with Gasteiger partial charge in [-0.2, -0.15) is 0 Å². The van der Waals surface area contributed by atoms with E-state index in [2.05, 4.69) is 156 Å². The third kappa shape index (κ3) is 2.97. The standard InChI is InChI=1S/C43H25NOS/c1-5-16-36-28(10-1)30-12-9-15-34-42(30)44(36)37-17-6-3-13-32(37)43(34)33-14-4-7-18-38(33)45-39-22-20-27(25-35(39)43)26-21-23-41-31(24-26)29-11-2-8-19-40(29)46-41/h1-25H. The smallest absolute Gasteiger partial charge is 0.132 e. The van der Waals surface area contributed by atoms with Crippen LogP contribution in [-0.4, -0.2) is 4.57 Å². The van der Waals surface area contributed by atoms with Gasteiger partial charge in [-0.25, -0.2) is 0 Å². The van der Waals surface area contributed by atoms with Crippen LogP contribution < -0.4 is 4.74 Å². The molecular weight excluding hydrogens is 579 g/mol. The van der Waals surface area contributed by atoms with E-state index in [4.69, 9.17) is 4.74 Å². The van der Waals surface area contributed by atoms with Gasteiger partial charge in [-0.1, -0.05) is 103 Å². The summed E-state index contributed by atoms with van der Waals surface area (Å²) in [6, 6.07) is 55.7.